The Morgan fingerprint density at radius 2 is 1.94 bits per heavy atom. The standard InChI is InChI=1S/C13H16BrNO3/c1-9-10(14)5-4-6-11(9)15-12(16)7-2-3-8-13(17)18/h4-6H,2-3,7-8H2,1H3,(H,15,16)(H,17,18). The fourth-order valence-electron chi connectivity index (χ4n) is 1.52. The summed E-state index contributed by atoms with van der Waals surface area (Å²) in [6, 6.07) is 5.62. The van der Waals surface area contributed by atoms with E-state index in [1.165, 1.54) is 0 Å². The van der Waals surface area contributed by atoms with Gasteiger partial charge in [0.05, 0.1) is 0 Å². The second-order valence-electron chi connectivity index (χ2n) is 4.06. The summed E-state index contributed by atoms with van der Waals surface area (Å²) in [6.07, 6.45) is 1.58. The first kappa shape index (κ1) is 14.7. The summed E-state index contributed by atoms with van der Waals surface area (Å²) >= 11 is 3.40. The molecule has 98 valence electrons. The van der Waals surface area contributed by atoms with Crippen LogP contribution in [0.4, 0.5) is 5.69 Å². The van der Waals surface area contributed by atoms with Gasteiger partial charge in [-0.15, -0.1) is 0 Å². The summed E-state index contributed by atoms with van der Waals surface area (Å²) in [5.41, 5.74) is 1.77. The lowest BCUT2D eigenvalue weighted by molar-refractivity contribution is -0.137. The number of hydrogen-bond acceptors (Lipinski definition) is 2. The Kier molecular flexibility index (Phi) is 5.85. The van der Waals surface area contributed by atoms with E-state index in [1.807, 2.05) is 25.1 Å². The van der Waals surface area contributed by atoms with Gasteiger partial charge in [-0.2, -0.15) is 0 Å². The van der Waals surface area contributed by atoms with Crippen molar-refractivity contribution in [2.75, 3.05) is 5.32 Å². The van der Waals surface area contributed by atoms with E-state index >= 15 is 0 Å². The Hall–Kier alpha value is -1.36. The Bertz CT molecular complexity index is 446. The van der Waals surface area contributed by atoms with Gasteiger partial charge >= 0.3 is 5.97 Å². The summed E-state index contributed by atoms with van der Waals surface area (Å²) in [5, 5.41) is 11.3. The lowest BCUT2D eigenvalue weighted by Gasteiger charge is -2.09. The fraction of sp³-hybridized carbons (Fsp3) is 0.385. The number of rotatable bonds is 6. The molecule has 1 aromatic carbocycles. The normalized spacial score (nSPS) is 10.1. The van der Waals surface area contributed by atoms with E-state index in [0.29, 0.717) is 19.3 Å². The van der Waals surface area contributed by atoms with Gasteiger partial charge < -0.3 is 10.4 Å². The van der Waals surface area contributed by atoms with Crippen molar-refractivity contribution >= 4 is 33.5 Å². The van der Waals surface area contributed by atoms with Gasteiger partial charge in [0.1, 0.15) is 0 Å². The van der Waals surface area contributed by atoms with Crippen molar-refractivity contribution in [1.29, 1.82) is 0 Å². The molecule has 0 bridgehead atoms. The van der Waals surface area contributed by atoms with Crippen molar-refractivity contribution < 1.29 is 14.7 Å². The molecular formula is C13H16BrNO3. The summed E-state index contributed by atoms with van der Waals surface area (Å²) < 4.78 is 0.950. The molecule has 2 N–H and O–H groups in total. The van der Waals surface area contributed by atoms with E-state index in [9.17, 15) is 9.59 Å². The Morgan fingerprint density at radius 3 is 2.61 bits per heavy atom. The maximum atomic E-state index is 11.6. The highest BCUT2D eigenvalue weighted by molar-refractivity contribution is 9.10. The average Bonchev–Trinajstić information content (AvgIpc) is 2.30. The second kappa shape index (κ2) is 7.16. The molecule has 4 nitrogen and oxygen atoms in total. The summed E-state index contributed by atoms with van der Waals surface area (Å²) in [6.45, 7) is 1.92. The third-order valence-electron chi connectivity index (χ3n) is 2.59. The number of carbonyl (C=O) groups is 2. The first-order valence-electron chi connectivity index (χ1n) is 5.77. The third-order valence-corrected chi connectivity index (χ3v) is 3.45. The van der Waals surface area contributed by atoms with Gasteiger partial charge in [0.15, 0.2) is 0 Å². The maximum Gasteiger partial charge on any atom is 0.303 e. The molecule has 1 aromatic rings. The minimum atomic E-state index is -0.821. The number of anilines is 1. The number of halogens is 1. The van der Waals surface area contributed by atoms with Gasteiger partial charge in [-0.25, -0.2) is 0 Å². The lowest BCUT2D eigenvalue weighted by Crippen LogP contribution is -2.12. The zero-order valence-corrected chi connectivity index (χ0v) is 11.8. The summed E-state index contributed by atoms with van der Waals surface area (Å²) in [4.78, 5) is 22.0. The van der Waals surface area contributed by atoms with Crippen LogP contribution < -0.4 is 5.32 Å². The molecule has 1 amide bonds. The van der Waals surface area contributed by atoms with E-state index < -0.39 is 5.97 Å². The zero-order valence-electron chi connectivity index (χ0n) is 10.2. The number of unbranched alkanes of at least 4 members (excludes halogenated alkanes) is 1. The van der Waals surface area contributed by atoms with Gasteiger partial charge in [0.2, 0.25) is 5.91 Å². The van der Waals surface area contributed by atoms with Crippen molar-refractivity contribution in [3.8, 4) is 0 Å². The molecule has 0 unspecified atom stereocenters. The number of nitrogens with one attached hydrogen (secondary N) is 1. The molecule has 0 radical (unpaired) electrons. The van der Waals surface area contributed by atoms with Crippen LogP contribution in [-0.4, -0.2) is 17.0 Å². The molecule has 0 atom stereocenters. The molecule has 0 aliphatic carbocycles. The van der Waals surface area contributed by atoms with Gasteiger partial charge in [0, 0.05) is 23.0 Å². The molecule has 0 aliphatic rings. The number of benzene rings is 1. The minimum absolute atomic E-state index is 0.0819. The van der Waals surface area contributed by atoms with E-state index in [4.69, 9.17) is 5.11 Å². The molecule has 0 heterocycles. The smallest absolute Gasteiger partial charge is 0.303 e. The predicted octanol–water partition coefficient (Wildman–Crippen LogP) is 3.34. The largest absolute Gasteiger partial charge is 0.481 e. The van der Waals surface area contributed by atoms with Crippen LogP contribution in [0.5, 0.6) is 0 Å². The molecule has 0 saturated carbocycles. The number of carbonyl (C=O) groups excluding carboxylic acids is 1. The van der Waals surface area contributed by atoms with Crippen molar-refractivity contribution in [1.82, 2.24) is 0 Å². The SMILES string of the molecule is Cc1c(Br)cccc1NC(=O)CCCCC(=O)O. The molecule has 5 heteroatoms. The molecule has 0 aromatic heterocycles. The first-order chi connectivity index (χ1) is 8.50. The van der Waals surface area contributed by atoms with Crippen molar-refractivity contribution in [2.24, 2.45) is 0 Å². The number of hydrogen-bond donors (Lipinski definition) is 2. The Labute approximate surface area is 115 Å². The minimum Gasteiger partial charge on any atom is -0.481 e. The number of carboxylic acid groups (broad SMARTS) is 1. The van der Waals surface area contributed by atoms with Gasteiger partial charge in [-0.05, 0) is 37.5 Å². The first-order valence-corrected chi connectivity index (χ1v) is 6.56. The van der Waals surface area contributed by atoms with E-state index in [-0.39, 0.29) is 12.3 Å². The Balaban J connectivity index is 2.40. The molecule has 0 spiro atoms. The van der Waals surface area contributed by atoms with Crippen LogP contribution in [0.15, 0.2) is 22.7 Å². The van der Waals surface area contributed by atoms with E-state index in [2.05, 4.69) is 21.2 Å². The van der Waals surface area contributed by atoms with Crippen LogP contribution in [0.25, 0.3) is 0 Å². The highest BCUT2D eigenvalue weighted by Crippen LogP contribution is 2.23. The van der Waals surface area contributed by atoms with Crippen LogP contribution in [0.3, 0.4) is 0 Å². The monoisotopic (exact) mass is 313 g/mol. The van der Waals surface area contributed by atoms with Gasteiger partial charge in [0.25, 0.3) is 0 Å². The second-order valence-corrected chi connectivity index (χ2v) is 4.92. The molecule has 1 rings (SSSR count). The summed E-state index contributed by atoms with van der Waals surface area (Å²) in [5.74, 6) is -0.903. The predicted molar refractivity (Wildman–Crippen MR) is 73.6 cm³/mol. The fourth-order valence-corrected chi connectivity index (χ4v) is 1.88. The van der Waals surface area contributed by atoms with Crippen molar-refractivity contribution in [3.63, 3.8) is 0 Å². The van der Waals surface area contributed by atoms with Crippen LogP contribution in [-0.2, 0) is 9.59 Å². The quantitative estimate of drug-likeness (QED) is 0.791. The molecule has 18 heavy (non-hydrogen) atoms. The van der Waals surface area contributed by atoms with E-state index in [1.54, 1.807) is 0 Å². The zero-order chi connectivity index (χ0) is 13.5. The van der Waals surface area contributed by atoms with Crippen molar-refractivity contribution in [2.45, 2.75) is 32.6 Å². The highest BCUT2D eigenvalue weighted by atomic mass is 79.9. The average molecular weight is 314 g/mol. The van der Waals surface area contributed by atoms with Crippen LogP contribution in [0, 0.1) is 6.92 Å². The summed E-state index contributed by atoms with van der Waals surface area (Å²) in [7, 11) is 0. The highest BCUT2D eigenvalue weighted by Gasteiger charge is 2.06. The van der Waals surface area contributed by atoms with E-state index in [0.717, 1.165) is 15.7 Å². The van der Waals surface area contributed by atoms with Crippen LogP contribution in [0.1, 0.15) is 31.2 Å². The topological polar surface area (TPSA) is 66.4 Å². The molecular weight excluding hydrogens is 298 g/mol. The molecule has 0 aliphatic heterocycles. The number of aliphatic carboxylic acids is 1. The van der Waals surface area contributed by atoms with Crippen LogP contribution >= 0.6 is 15.9 Å². The molecule has 0 saturated heterocycles. The van der Waals surface area contributed by atoms with Crippen LogP contribution in [0.2, 0.25) is 0 Å². The third kappa shape index (κ3) is 4.87. The molecule has 0 fully saturated rings. The van der Waals surface area contributed by atoms with Gasteiger partial charge in [-0.1, -0.05) is 22.0 Å². The van der Waals surface area contributed by atoms with Crippen molar-refractivity contribution in [3.05, 3.63) is 28.2 Å². The lowest BCUT2D eigenvalue weighted by atomic mass is 10.1. The number of amides is 1. The van der Waals surface area contributed by atoms with Gasteiger partial charge in [-0.3, -0.25) is 9.59 Å². The Morgan fingerprint density at radius 1 is 1.28 bits per heavy atom. The maximum absolute atomic E-state index is 11.6. The number of carboxylic acids is 1.